The number of nitrogens with two attached hydrogens (primary N) is 1. The number of anilines is 1. The van der Waals surface area contributed by atoms with Gasteiger partial charge in [0.1, 0.15) is 23.1 Å². The number of hydrogen-bond acceptors (Lipinski definition) is 3. The van der Waals surface area contributed by atoms with Crippen molar-refractivity contribution >= 4 is 17.5 Å². The predicted molar refractivity (Wildman–Crippen MR) is 106 cm³/mol. The Morgan fingerprint density at radius 3 is 2.31 bits per heavy atom. The lowest BCUT2D eigenvalue weighted by Crippen LogP contribution is -2.20. The van der Waals surface area contributed by atoms with Gasteiger partial charge in [0, 0.05) is 5.69 Å². The van der Waals surface area contributed by atoms with E-state index in [1.807, 2.05) is 0 Å². The van der Waals surface area contributed by atoms with Gasteiger partial charge in [-0.3, -0.25) is 9.59 Å². The van der Waals surface area contributed by atoms with Crippen LogP contribution in [0, 0.1) is 18.6 Å². The van der Waals surface area contributed by atoms with Gasteiger partial charge in [0.05, 0.1) is 16.7 Å². The van der Waals surface area contributed by atoms with Crippen LogP contribution in [-0.4, -0.2) is 11.8 Å². The molecule has 0 saturated heterocycles. The molecule has 3 N–H and O–H groups in total. The lowest BCUT2D eigenvalue weighted by Gasteiger charge is -2.18. The summed E-state index contributed by atoms with van der Waals surface area (Å²) in [5.74, 6) is -4.28. The maximum absolute atomic E-state index is 13.7. The fourth-order valence-electron chi connectivity index (χ4n) is 2.92. The van der Waals surface area contributed by atoms with Crippen LogP contribution in [0.5, 0.6) is 11.5 Å². The highest BCUT2D eigenvalue weighted by atomic mass is 19.4. The summed E-state index contributed by atoms with van der Waals surface area (Å²) in [5.41, 5.74) is 2.49. The first-order valence-corrected chi connectivity index (χ1v) is 9.02. The van der Waals surface area contributed by atoms with E-state index < -0.39 is 52.1 Å². The van der Waals surface area contributed by atoms with Gasteiger partial charge in [0.25, 0.3) is 11.8 Å². The molecular formula is C22H15F5N2O3. The lowest BCUT2D eigenvalue weighted by atomic mass is 10.0. The molecule has 2 amide bonds. The normalized spacial score (nSPS) is 11.2. The molecular weight excluding hydrogens is 435 g/mol. The zero-order chi connectivity index (χ0) is 23.6. The molecule has 0 heterocycles. The Labute approximate surface area is 178 Å². The molecule has 3 rings (SSSR count). The molecule has 3 aromatic rings. The summed E-state index contributed by atoms with van der Waals surface area (Å²) in [4.78, 5) is 24.1. The van der Waals surface area contributed by atoms with Crippen LogP contribution in [-0.2, 0) is 6.18 Å². The Balaban J connectivity index is 2.06. The fraction of sp³-hybridized carbons (Fsp3) is 0.0909. The van der Waals surface area contributed by atoms with E-state index in [-0.39, 0.29) is 11.4 Å². The standard InChI is InChI=1S/C22H15F5N2O3/c1-11-9-12(23)5-8-17(11)32-18-4-2-3-15(22(25,26)27)19(18)21(31)29-13-6-7-16(24)14(10-13)20(28)30/h2-10H,1H3,(H2,28,30)(H,29,31). The summed E-state index contributed by atoms with van der Waals surface area (Å²) in [7, 11) is 0. The van der Waals surface area contributed by atoms with Crippen molar-refractivity contribution in [2.45, 2.75) is 13.1 Å². The van der Waals surface area contributed by atoms with Crippen molar-refractivity contribution in [3.8, 4) is 11.5 Å². The van der Waals surface area contributed by atoms with Crippen LogP contribution >= 0.6 is 0 Å². The van der Waals surface area contributed by atoms with Gasteiger partial charge < -0.3 is 15.8 Å². The lowest BCUT2D eigenvalue weighted by molar-refractivity contribution is -0.138. The Morgan fingerprint density at radius 1 is 0.969 bits per heavy atom. The van der Waals surface area contributed by atoms with Crippen LogP contribution in [0.25, 0.3) is 0 Å². The molecule has 0 bridgehead atoms. The van der Waals surface area contributed by atoms with Gasteiger partial charge in [0.2, 0.25) is 0 Å². The van der Waals surface area contributed by atoms with E-state index >= 15 is 0 Å². The van der Waals surface area contributed by atoms with E-state index in [9.17, 15) is 31.5 Å². The summed E-state index contributed by atoms with van der Waals surface area (Å²) in [6, 6.07) is 9.07. The molecule has 0 aliphatic rings. The largest absolute Gasteiger partial charge is 0.456 e. The molecule has 32 heavy (non-hydrogen) atoms. The molecule has 0 atom stereocenters. The minimum Gasteiger partial charge on any atom is -0.456 e. The summed E-state index contributed by atoms with van der Waals surface area (Å²) >= 11 is 0. The second-order valence-corrected chi connectivity index (χ2v) is 6.70. The molecule has 0 fully saturated rings. The first-order valence-electron chi connectivity index (χ1n) is 9.02. The van der Waals surface area contributed by atoms with E-state index in [1.165, 1.54) is 13.0 Å². The van der Waals surface area contributed by atoms with Crippen molar-refractivity contribution in [1.29, 1.82) is 0 Å². The van der Waals surface area contributed by atoms with E-state index in [2.05, 4.69) is 5.32 Å². The van der Waals surface area contributed by atoms with E-state index in [1.54, 1.807) is 0 Å². The Morgan fingerprint density at radius 2 is 1.69 bits per heavy atom. The predicted octanol–water partition coefficient (Wildman–Crippen LogP) is 5.44. The van der Waals surface area contributed by atoms with E-state index in [0.717, 1.165) is 42.5 Å². The molecule has 166 valence electrons. The molecule has 10 heteroatoms. The van der Waals surface area contributed by atoms with Gasteiger partial charge in [-0.2, -0.15) is 13.2 Å². The molecule has 0 aromatic heterocycles. The number of carbonyl (C=O) groups excluding carboxylic acids is 2. The SMILES string of the molecule is Cc1cc(F)ccc1Oc1cccc(C(F)(F)F)c1C(=O)Nc1ccc(F)c(C(N)=O)c1. The quantitative estimate of drug-likeness (QED) is 0.509. The van der Waals surface area contributed by atoms with Gasteiger partial charge in [0.15, 0.2) is 0 Å². The van der Waals surface area contributed by atoms with E-state index in [4.69, 9.17) is 10.5 Å². The number of ether oxygens (including phenoxy) is 1. The average molecular weight is 450 g/mol. The number of hydrogen-bond donors (Lipinski definition) is 2. The first-order chi connectivity index (χ1) is 15.0. The smallest absolute Gasteiger partial charge is 0.417 e. The van der Waals surface area contributed by atoms with Gasteiger partial charge in [-0.05, 0) is 61.0 Å². The summed E-state index contributed by atoms with van der Waals surface area (Å²) in [6.07, 6.45) is -4.91. The number of amides is 2. The molecule has 0 unspecified atom stereocenters. The number of rotatable bonds is 5. The van der Waals surface area contributed by atoms with Gasteiger partial charge in [-0.15, -0.1) is 0 Å². The zero-order valence-corrected chi connectivity index (χ0v) is 16.4. The maximum atomic E-state index is 13.7. The van der Waals surface area contributed by atoms with E-state index in [0.29, 0.717) is 11.6 Å². The number of halogens is 5. The molecule has 0 saturated carbocycles. The molecule has 0 aliphatic carbocycles. The highest BCUT2D eigenvalue weighted by Crippen LogP contribution is 2.38. The molecule has 3 aromatic carbocycles. The highest BCUT2D eigenvalue weighted by Gasteiger charge is 2.37. The number of nitrogens with one attached hydrogen (secondary N) is 1. The van der Waals surface area contributed by atoms with Crippen molar-refractivity contribution in [2.75, 3.05) is 5.32 Å². The first kappa shape index (κ1) is 22.7. The summed E-state index contributed by atoms with van der Waals surface area (Å²) in [6.45, 7) is 1.48. The monoisotopic (exact) mass is 450 g/mol. The number of aryl methyl sites for hydroxylation is 1. The number of benzene rings is 3. The number of carbonyl (C=O) groups is 2. The second-order valence-electron chi connectivity index (χ2n) is 6.70. The molecule has 0 spiro atoms. The third-order valence-electron chi connectivity index (χ3n) is 4.41. The Hall–Kier alpha value is -3.95. The fourth-order valence-corrected chi connectivity index (χ4v) is 2.92. The number of primary amides is 1. The molecule has 5 nitrogen and oxygen atoms in total. The minimum atomic E-state index is -4.91. The van der Waals surface area contributed by atoms with Crippen LogP contribution in [0.1, 0.15) is 31.8 Å². The molecule has 0 radical (unpaired) electrons. The third-order valence-corrected chi connectivity index (χ3v) is 4.41. The van der Waals surface area contributed by atoms with Gasteiger partial charge in [-0.1, -0.05) is 6.07 Å². The van der Waals surface area contributed by atoms with Crippen molar-refractivity contribution < 1.29 is 36.3 Å². The van der Waals surface area contributed by atoms with Crippen LogP contribution in [0.2, 0.25) is 0 Å². The van der Waals surface area contributed by atoms with Crippen LogP contribution in [0.3, 0.4) is 0 Å². The second kappa shape index (κ2) is 8.66. The van der Waals surface area contributed by atoms with Crippen molar-refractivity contribution in [1.82, 2.24) is 0 Å². The van der Waals surface area contributed by atoms with Crippen molar-refractivity contribution in [3.05, 3.63) is 88.5 Å². The van der Waals surface area contributed by atoms with Crippen molar-refractivity contribution in [3.63, 3.8) is 0 Å². The Bertz CT molecular complexity index is 1210. The maximum Gasteiger partial charge on any atom is 0.417 e. The highest BCUT2D eigenvalue weighted by molar-refractivity contribution is 6.08. The number of alkyl halides is 3. The topological polar surface area (TPSA) is 81.4 Å². The third kappa shape index (κ3) is 4.85. The minimum absolute atomic E-state index is 0.0394. The van der Waals surface area contributed by atoms with Gasteiger partial charge in [-0.25, -0.2) is 8.78 Å². The average Bonchev–Trinajstić information content (AvgIpc) is 2.70. The van der Waals surface area contributed by atoms with Crippen LogP contribution in [0.15, 0.2) is 54.6 Å². The van der Waals surface area contributed by atoms with Crippen LogP contribution in [0.4, 0.5) is 27.6 Å². The molecule has 0 aliphatic heterocycles. The summed E-state index contributed by atoms with van der Waals surface area (Å²) in [5, 5.41) is 2.19. The zero-order valence-electron chi connectivity index (χ0n) is 16.4. The van der Waals surface area contributed by atoms with Crippen LogP contribution < -0.4 is 15.8 Å². The summed E-state index contributed by atoms with van der Waals surface area (Å²) < 4.78 is 73.4. The van der Waals surface area contributed by atoms with Gasteiger partial charge >= 0.3 is 6.18 Å². The van der Waals surface area contributed by atoms with Crippen molar-refractivity contribution in [2.24, 2.45) is 5.73 Å². The Kier molecular flexibility index (Phi) is 6.15.